The SMILES string of the molecule is COc1ccc(CNC(=O)[C@@H](C)N2CCN(c3ncccn3)CC2)cc1OC. The van der Waals surface area contributed by atoms with Crippen molar-refractivity contribution in [3.63, 3.8) is 0 Å². The van der Waals surface area contributed by atoms with E-state index in [-0.39, 0.29) is 11.9 Å². The van der Waals surface area contributed by atoms with Crippen LogP contribution in [0.1, 0.15) is 12.5 Å². The Balaban J connectivity index is 1.50. The van der Waals surface area contributed by atoms with Gasteiger partial charge in [-0.05, 0) is 30.7 Å². The number of ether oxygens (including phenoxy) is 2. The molecular weight excluding hydrogens is 358 g/mol. The Morgan fingerprint density at radius 1 is 1.11 bits per heavy atom. The molecule has 1 aliphatic rings. The van der Waals surface area contributed by atoms with Crippen LogP contribution in [0.2, 0.25) is 0 Å². The minimum absolute atomic E-state index is 0.0131. The lowest BCUT2D eigenvalue weighted by molar-refractivity contribution is -0.126. The number of benzene rings is 1. The number of aromatic nitrogens is 2. The molecule has 2 heterocycles. The quantitative estimate of drug-likeness (QED) is 0.770. The van der Waals surface area contributed by atoms with Gasteiger partial charge in [0.25, 0.3) is 0 Å². The zero-order valence-electron chi connectivity index (χ0n) is 16.6. The van der Waals surface area contributed by atoms with E-state index in [4.69, 9.17) is 9.47 Å². The number of nitrogens with one attached hydrogen (secondary N) is 1. The number of carbonyl (C=O) groups is 1. The molecule has 0 bridgehead atoms. The Bertz CT molecular complexity index is 779. The average molecular weight is 385 g/mol. The number of hydrogen-bond acceptors (Lipinski definition) is 7. The van der Waals surface area contributed by atoms with Gasteiger partial charge in [0.05, 0.1) is 20.3 Å². The fourth-order valence-electron chi connectivity index (χ4n) is 3.26. The predicted molar refractivity (Wildman–Crippen MR) is 107 cm³/mol. The van der Waals surface area contributed by atoms with Crippen LogP contribution in [-0.2, 0) is 11.3 Å². The number of rotatable bonds is 7. The normalized spacial score (nSPS) is 15.8. The summed E-state index contributed by atoms with van der Waals surface area (Å²) in [5.41, 5.74) is 0.962. The summed E-state index contributed by atoms with van der Waals surface area (Å²) in [5, 5.41) is 3.01. The minimum atomic E-state index is -0.195. The molecule has 0 unspecified atom stereocenters. The third kappa shape index (κ3) is 4.69. The van der Waals surface area contributed by atoms with Crippen LogP contribution in [0.15, 0.2) is 36.7 Å². The molecular formula is C20H27N5O3. The van der Waals surface area contributed by atoms with E-state index >= 15 is 0 Å². The number of methoxy groups -OCH3 is 2. The fraction of sp³-hybridized carbons (Fsp3) is 0.450. The van der Waals surface area contributed by atoms with Gasteiger partial charge in [0.2, 0.25) is 11.9 Å². The second-order valence-electron chi connectivity index (χ2n) is 6.65. The van der Waals surface area contributed by atoms with Crippen LogP contribution in [0.4, 0.5) is 5.95 Å². The first-order chi connectivity index (χ1) is 13.6. The van der Waals surface area contributed by atoms with E-state index in [0.717, 1.165) is 37.7 Å². The Kier molecular flexibility index (Phi) is 6.65. The van der Waals surface area contributed by atoms with Gasteiger partial charge in [-0.25, -0.2) is 9.97 Å². The van der Waals surface area contributed by atoms with Crippen molar-refractivity contribution in [1.29, 1.82) is 0 Å². The smallest absolute Gasteiger partial charge is 0.237 e. The Morgan fingerprint density at radius 3 is 2.43 bits per heavy atom. The molecule has 3 rings (SSSR count). The van der Waals surface area contributed by atoms with Crippen LogP contribution in [-0.4, -0.2) is 67.2 Å². The van der Waals surface area contributed by atoms with Gasteiger partial charge in [-0.1, -0.05) is 6.07 Å². The molecule has 0 radical (unpaired) electrons. The minimum Gasteiger partial charge on any atom is -0.493 e. The highest BCUT2D eigenvalue weighted by molar-refractivity contribution is 5.81. The van der Waals surface area contributed by atoms with E-state index in [2.05, 4.69) is 25.1 Å². The molecule has 1 saturated heterocycles. The van der Waals surface area contributed by atoms with Gasteiger partial charge in [-0.2, -0.15) is 0 Å². The highest BCUT2D eigenvalue weighted by Crippen LogP contribution is 2.27. The number of hydrogen-bond donors (Lipinski definition) is 1. The maximum atomic E-state index is 12.6. The van der Waals surface area contributed by atoms with Crippen molar-refractivity contribution < 1.29 is 14.3 Å². The molecule has 8 heteroatoms. The second kappa shape index (κ2) is 9.36. The molecule has 1 aromatic heterocycles. The lowest BCUT2D eigenvalue weighted by atomic mass is 10.1. The molecule has 0 aliphatic carbocycles. The monoisotopic (exact) mass is 385 g/mol. The lowest BCUT2D eigenvalue weighted by Crippen LogP contribution is -2.54. The summed E-state index contributed by atoms with van der Waals surface area (Å²) < 4.78 is 10.6. The highest BCUT2D eigenvalue weighted by atomic mass is 16.5. The van der Waals surface area contributed by atoms with Crippen LogP contribution in [0.3, 0.4) is 0 Å². The lowest BCUT2D eigenvalue weighted by Gasteiger charge is -2.37. The molecule has 1 fully saturated rings. The zero-order chi connectivity index (χ0) is 19.9. The van der Waals surface area contributed by atoms with E-state index in [9.17, 15) is 4.79 Å². The van der Waals surface area contributed by atoms with Gasteiger partial charge in [-0.15, -0.1) is 0 Å². The van der Waals surface area contributed by atoms with Gasteiger partial charge < -0.3 is 19.7 Å². The van der Waals surface area contributed by atoms with Crippen LogP contribution >= 0.6 is 0 Å². The number of nitrogens with zero attached hydrogens (tertiary/aromatic N) is 4. The van der Waals surface area contributed by atoms with Crippen molar-refractivity contribution in [3.8, 4) is 11.5 Å². The summed E-state index contributed by atoms with van der Waals surface area (Å²) in [6.07, 6.45) is 3.50. The molecule has 1 amide bonds. The van der Waals surface area contributed by atoms with Crippen LogP contribution in [0.25, 0.3) is 0 Å². The molecule has 0 spiro atoms. The van der Waals surface area contributed by atoms with E-state index in [1.54, 1.807) is 26.6 Å². The molecule has 1 aromatic carbocycles. The third-order valence-electron chi connectivity index (χ3n) is 4.99. The van der Waals surface area contributed by atoms with Gasteiger partial charge in [0.1, 0.15) is 0 Å². The average Bonchev–Trinajstić information content (AvgIpc) is 2.77. The summed E-state index contributed by atoms with van der Waals surface area (Å²) in [7, 11) is 3.20. The zero-order valence-corrected chi connectivity index (χ0v) is 16.6. The first-order valence-electron chi connectivity index (χ1n) is 9.37. The summed E-state index contributed by atoms with van der Waals surface area (Å²) in [5.74, 6) is 2.08. The van der Waals surface area contributed by atoms with E-state index in [1.807, 2.05) is 31.2 Å². The van der Waals surface area contributed by atoms with Crippen molar-refractivity contribution >= 4 is 11.9 Å². The maximum absolute atomic E-state index is 12.6. The predicted octanol–water partition coefficient (Wildman–Crippen LogP) is 1.32. The van der Waals surface area contributed by atoms with Crippen LogP contribution in [0.5, 0.6) is 11.5 Å². The topological polar surface area (TPSA) is 79.8 Å². The van der Waals surface area contributed by atoms with Crippen molar-refractivity contribution in [2.45, 2.75) is 19.5 Å². The molecule has 8 nitrogen and oxygen atoms in total. The first kappa shape index (κ1) is 19.9. The molecule has 2 aromatic rings. The van der Waals surface area contributed by atoms with Crippen LogP contribution < -0.4 is 19.7 Å². The van der Waals surface area contributed by atoms with Gasteiger partial charge >= 0.3 is 0 Å². The molecule has 150 valence electrons. The van der Waals surface area contributed by atoms with Gasteiger partial charge in [-0.3, -0.25) is 9.69 Å². The number of anilines is 1. The largest absolute Gasteiger partial charge is 0.493 e. The second-order valence-corrected chi connectivity index (χ2v) is 6.65. The maximum Gasteiger partial charge on any atom is 0.237 e. The highest BCUT2D eigenvalue weighted by Gasteiger charge is 2.26. The number of piperazine rings is 1. The molecule has 28 heavy (non-hydrogen) atoms. The van der Waals surface area contributed by atoms with Crippen molar-refractivity contribution in [1.82, 2.24) is 20.2 Å². The molecule has 1 atom stereocenters. The van der Waals surface area contributed by atoms with E-state index in [1.165, 1.54) is 0 Å². The molecule has 1 aliphatic heterocycles. The summed E-state index contributed by atoms with van der Waals surface area (Å²) >= 11 is 0. The fourth-order valence-corrected chi connectivity index (χ4v) is 3.26. The Labute approximate surface area is 165 Å². The summed E-state index contributed by atoms with van der Waals surface area (Å²) in [4.78, 5) is 25.5. The number of carbonyl (C=O) groups excluding carboxylic acids is 1. The van der Waals surface area contributed by atoms with Crippen molar-refractivity contribution in [2.24, 2.45) is 0 Å². The summed E-state index contributed by atoms with van der Waals surface area (Å²) in [6, 6.07) is 7.26. The number of amides is 1. The Hall–Kier alpha value is -2.87. The molecule has 0 saturated carbocycles. The third-order valence-corrected chi connectivity index (χ3v) is 4.99. The summed E-state index contributed by atoms with van der Waals surface area (Å²) in [6.45, 7) is 5.58. The van der Waals surface area contributed by atoms with E-state index in [0.29, 0.717) is 18.0 Å². The van der Waals surface area contributed by atoms with Gasteiger partial charge in [0.15, 0.2) is 11.5 Å². The van der Waals surface area contributed by atoms with Crippen molar-refractivity contribution in [3.05, 3.63) is 42.2 Å². The van der Waals surface area contributed by atoms with Crippen LogP contribution in [0, 0.1) is 0 Å². The first-order valence-corrected chi connectivity index (χ1v) is 9.37. The standard InChI is InChI=1S/C20H27N5O3/c1-15(24-9-11-25(12-10-24)20-21-7-4-8-22-20)19(26)23-14-16-5-6-17(27-2)18(13-16)28-3/h4-8,13,15H,9-12,14H2,1-3H3,(H,23,26)/t15-/m1/s1. The van der Waals surface area contributed by atoms with Crippen molar-refractivity contribution in [2.75, 3.05) is 45.3 Å². The Morgan fingerprint density at radius 2 is 1.79 bits per heavy atom. The van der Waals surface area contributed by atoms with Gasteiger partial charge in [0, 0.05) is 45.1 Å². The molecule has 1 N–H and O–H groups in total. The van der Waals surface area contributed by atoms with E-state index < -0.39 is 0 Å².